The second-order valence-electron chi connectivity index (χ2n) is 5.27. The Hall–Kier alpha value is -2.21. The van der Waals surface area contributed by atoms with Gasteiger partial charge in [0.05, 0.1) is 18.1 Å². The highest BCUT2D eigenvalue weighted by molar-refractivity contribution is 7.99. The summed E-state index contributed by atoms with van der Waals surface area (Å²) in [6, 6.07) is 12.6. The lowest BCUT2D eigenvalue weighted by Gasteiger charge is -2.13. The summed E-state index contributed by atoms with van der Waals surface area (Å²) in [4.78, 5) is 11.6. The Labute approximate surface area is 138 Å². The van der Waals surface area contributed by atoms with Crippen molar-refractivity contribution in [3.63, 3.8) is 0 Å². The molecule has 1 heterocycles. The maximum atomic E-state index is 10.9. The summed E-state index contributed by atoms with van der Waals surface area (Å²) in [5.74, 6) is 1.54. The van der Waals surface area contributed by atoms with Gasteiger partial charge in [0, 0.05) is 28.7 Å². The van der Waals surface area contributed by atoms with Crippen molar-refractivity contribution < 1.29 is 14.4 Å². The monoisotopic (exact) mass is 331 g/mol. The number of hydrogen-bond donors (Lipinski definition) is 0. The van der Waals surface area contributed by atoms with Gasteiger partial charge in [-0.1, -0.05) is 12.1 Å². The fourth-order valence-electron chi connectivity index (χ4n) is 2.38. The lowest BCUT2D eigenvalue weighted by molar-refractivity contribution is -0.384. The number of ether oxygens (including phenoxy) is 2. The van der Waals surface area contributed by atoms with E-state index in [1.54, 1.807) is 23.9 Å². The number of nitro groups is 1. The summed E-state index contributed by atoms with van der Waals surface area (Å²) in [6.07, 6.45) is 0.876. The van der Waals surface area contributed by atoms with Crippen LogP contribution in [0.2, 0.25) is 0 Å². The molecule has 1 atom stereocenters. The van der Waals surface area contributed by atoms with Crippen LogP contribution in [0.1, 0.15) is 24.2 Å². The Morgan fingerprint density at radius 3 is 2.70 bits per heavy atom. The molecule has 120 valence electrons. The van der Waals surface area contributed by atoms with Crippen LogP contribution in [-0.2, 0) is 0 Å². The van der Waals surface area contributed by atoms with Crippen molar-refractivity contribution in [3.05, 3.63) is 58.1 Å². The van der Waals surface area contributed by atoms with E-state index in [0.29, 0.717) is 13.2 Å². The van der Waals surface area contributed by atoms with Gasteiger partial charge in [0.1, 0.15) is 0 Å². The molecule has 2 aromatic carbocycles. The number of thioether (sulfide) groups is 1. The molecular formula is C17H17NO4S. The zero-order valence-electron chi connectivity index (χ0n) is 12.7. The van der Waals surface area contributed by atoms with E-state index in [2.05, 4.69) is 0 Å². The third-order valence-electron chi connectivity index (χ3n) is 3.58. The van der Waals surface area contributed by atoms with Crippen LogP contribution in [0.3, 0.4) is 0 Å². The van der Waals surface area contributed by atoms with Crippen molar-refractivity contribution in [1.29, 1.82) is 0 Å². The van der Waals surface area contributed by atoms with E-state index in [1.165, 1.54) is 6.07 Å². The number of hydrogen-bond acceptors (Lipinski definition) is 5. The number of nitrogens with zero attached hydrogens (tertiary/aromatic N) is 1. The van der Waals surface area contributed by atoms with Crippen molar-refractivity contribution in [1.82, 2.24) is 0 Å². The maximum Gasteiger partial charge on any atom is 0.269 e. The molecule has 1 aliphatic heterocycles. The highest BCUT2D eigenvalue weighted by Crippen LogP contribution is 2.40. The summed E-state index contributed by atoms with van der Waals surface area (Å²) in [6.45, 7) is 3.36. The average molecular weight is 331 g/mol. The van der Waals surface area contributed by atoms with E-state index in [9.17, 15) is 10.1 Å². The first-order valence-corrected chi connectivity index (χ1v) is 8.32. The second-order valence-corrected chi connectivity index (χ2v) is 6.69. The van der Waals surface area contributed by atoms with Crippen LogP contribution in [-0.4, -0.2) is 18.1 Å². The topological polar surface area (TPSA) is 61.6 Å². The molecule has 6 heteroatoms. The molecule has 3 rings (SSSR count). The molecule has 0 N–H and O–H groups in total. The Kier molecular flexibility index (Phi) is 4.71. The Bertz CT molecular complexity index is 719. The van der Waals surface area contributed by atoms with Gasteiger partial charge in [-0.2, -0.15) is 0 Å². The van der Waals surface area contributed by atoms with Gasteiger partial charge in [0.25, 0.3) is 5.69 Å². The standard InChI is InChI=1S/C17H17NO4S/c1-12(13-4-2-5-14(10-13)18(19)20)23-15-6-7-16-17(11-15)22-9-3-8-21-16/h2,4-7,10-12H,3,8-9H2,1H3/t12-/m1/s1. The third-order valence-corrected chi connectivity index (χ3v) is 4.73. The molecule has 0 aliphatic carbocycles. The van der Waals surface area contributed by atoms with Gasteiger partial charge in [-0.25, -0.2) is 0 Å². The van der Waals surface area contributed by atoms with Crippen molar-refractivity contribution in [2.24, 2.45) is 0 Å². The minimum atomic E-state index is -0.367. The number of fused-ring (bicyclic) bond motifs is 1. The number of rotatable bonds is 4. The Balaban J connectivity index is 1.77. The summed E-state index contributed by atoms with van der Waals surface area (Å²) < 4.78 is 11.3. The highest BCUT2D eigenvalue weighted by Gasteiger charge is 2.15. The average Bonchev–Trinajstić information content (AvgIpc) is 2.79. The van der Waals surface area contributed by atoms with E-state index in [0.717, 1.165) is 28.4 Å². The zero-order chi connectivity index (χ0) is 16.2. The van der Waals surface area contributed by atoms with E-state index in [4.69, 9.17) is 9.47 Å². The number of nitro benzene ring substituents is 1. The van der Waals surface area contributed by atoms with Crippen LogP contribution in [0.5, 0.6) is 11.5 Å². The minimum Gasteiger partial charge on any atom is -0.490 e. The molecule has 0 unspecified atom stereocenters. The van der Waals surface area contributed by atoms with Crippen molar-refractivity contribution in [3.8, 4) is 11.5 Å². The molecule has 23 heavy (non-hydrogen) atoms. The predicted molar refractivity (Wildman–Crippen MR) is 89.4 cm³/mol. The fraction of sp³-hybridized carbons (Fsp3) is 0.294. The second kappa shape index (κ2) is 6.91. The molecule has 0 saturated carbocycles. The summed E-state index contributed by atoms with van der Waals surface area (Å²) in [5, 5.41) is 11.0. The number of benzene rings is 2. The van der Waals surface area contributed by atoms with Crippen molar-refractivity contribution in [2.45, 2.75) is 23.5 Å². The minimum absolute atomic E-state index is 0.0969. The first-order valence-electron chi connectivity index (χ1n) is 7.44. The smallest absolute Gasteiger partial charge is 0.269 e. The lowest BCUT2D eigenvalue weighted by atomic mass is 10.1. The molecule has 0 fully saturated rings. The summed E-state index contributed by atoms with van der Waals surface area (Å²) in [5.41, 5.74) is 1.05. The SMILES string of the molecule is C[C@@H](Sc1ccc2c(c1)OCCCO2)c1cccc([N+](=O)[O-])c1. The summed E-state index contributed by atoms with van der Waals surface area (Å²) in [7, 11) is 0. The van der Waals surface area contributed by atoms with E-state index >= 15 is 0 Å². The molecule has 5 nitrogen and oxygen atoms in total. The van der Waals surface area contributed by atoms with E-state index in [-0.39, 0.29) is 15.9 Å². The molecule has 0 amide bonds. The van der Waals surface area contributed by atoms with Crippen LogP contribution in [0.4, 0.5) is 5.69 Å². The first-order chi connectivity index (χ1) is 11.1. The highest BCUT2D eigenvalue weighted by atomic mass is 32.2. The van der Waals surface area contributed by atoms with Gasteiger partial charge in [0.2, 0.25) is 0 Å². The molecule has 0 bridgehead atoms. The predicted octanol–water partition coefficient (Wildman–Crippen LogP) is 4.61. The first kappa shape index (κ1) is 15.7. The molecule has 2 aromatic rings. The van der Waals surface area contributed by atoms with Gasteiger partial charge >= 0.3 is 0 Å². The van der Waals surface area contributed by atoms with Crippen LogP contribution >= 0.6 is 11.8 Å². The fourth-order valence-corrected chi connectivity index (χ4v) is 3.39. The molecule has 0 radical (unpaired) electrons. The van der Waals surface area contributed by atoms with Crippen LogP contribution in [0.15, 0.2) is 47.4 Å². The van der Waals surface area contributed by atoms with Gasteiger partial charge in [-0.15, -0.1) is 11.8 Å². The zero-order valence-corrected chi connectivity index (χ0v) is 13.5. The van der Waals surface area contributed by atoms with Gasteiger partial charge in [-0.05, 0) is 30.7 Å². The maximum absolute atomic E-state index is 10.9. The largest absolute Gasteiger partial charge is 0.490 e. The van der Waals surface area contributed by atoms with Crippen molar-refractivity contribution in [2.75, 3.05) is 13.2 Å². The van der Waals surface area contributed by atoms with Crippen molar-refractivity contribution >= 4 is 17.4 Å². The van der Waals surface area contributed by atoms with Crippen LogP contribution < -0.4 is 9.47 Å². The van der Waals surface area contributed by atoms with Gasteiger partial charge in [0.15, 0.2) is 11.5 Å². The molecule has 0 aromatic heterocycles. The molecule has 0 spiro atoms. The van der Waals surface area contributed by atoms with Crippen LogP contribution in [0, 0.1) is 10.1 Å². The quantitative estimate of drug-likeness (QED) is 0.465. The summed E-state index contributed by atoms with van der Waals surface area (Å²) >= 11 is 1.64. The normalized spacial score (nSPS) is 14.8. The number of non-ortho nitro benzene ring substituents is 1. The molecule has 0 saturated heterocycles. The Morgan fingerprint density at radius 1 is 1.13 bits per heavy atom. The third kappa shape index (κ3) is 3.76. The van der Waals surface area contributed by atoms with Gasteiger partial charge < -0.3 is 9.47 Å². The molecule has 1 aliphatic rings. The molecular weight excluding hydrogens is 314 g/mol. The van der Waals surface area contributed by atoms with E-state index < -0.39 is 0 Å². The van der Waals surface area contributed by atoms with E-state index in [1.807, 2.05) is 31.2 Å². The lowest BCUT2D eigenvalue weighted by Crippen LogP contribution is -1.97. The van der Waals surface area contributed by atoms with Crippen LogP contribution in [0.25, 0.3) is 0 Å². The Morgan fingerprint density at radius 2 is 1.91 bits per heavy atom. The van der Waals surface area contributed by atoms with Gasteiger partial charge in [-0.3, -0.25) is 10.1 Å².